The van der Waals surface area contributed by atoms with Gasteiger partial charge in [-0.15, -0.1) is 0 Å². The van der Waals surface area contributed by atoms with Gasteiger partial charge in [0.15, 0.2) is 22.6 Å². The third-order valence-electron chi connectivity index (χ3n) is 11.8. The van der Waals surface area contributed by atoms with Crippen molar-refractivity contribution < 1.29 is 43.6 Å². The summed E-state index contributed by atoms with van der Waals surface area (Å²) in [6, 6.07) is 0. The molecule has 9 nitrogen and oxygen atoms in total. The lowest BCUT2D eigenvalue weighted by Crippen LogP contribution is -2.78. The van der Waals surface area contributed by atoms with Crippen molar-refractivity contribution in [1.82, 2.24) is 0 Å². The van der Waals surface area contributed by atoms with Crippen molar-refractivity contribution in [2.75, 3.05) is 0 Å². The summed E-state index contributed by atoms with van der Waals surface area (Å²) < 4.78 is 18.1. The van der Waals surface area contributed by atoms with E-state index in [0.29, 0.717) is 0 Å². The predicted octanol–water partition coefficient (Wildman–Crippen LogP) is 1.54. The van der Waals surface area contributed by atoms with E-state index in [0.717, 1.165) is 5.57 Å². The molecule has 1 spiro atoms. The predicted molar refractivity (Wildman–Crippen MR) is 124 cm³/mol. The second-order valence-corrected chi connectivity index (χ2v) is 12.9. The number of ketones is 2. The minimum atomic E-state index is -2.39. The van der Waals surface area contributed by atoms with Crippen LogP contribution in [0, 0.1) is 34.5 Å². The first-order chi connectivity index (χ1) is 17.2. The molecule has 4 heterocycles. The van der Waals surface area contributed by atoms with E-state index in [1.807, 2.05) is 19.1 Å². The van der Waals surface area contributed by atoms with Crippen LogP contribution in [-0.4, -0.2) is 62.4 Å². The maximum atomic E-state index is 14.6. The van der Waals surface area contributed by atoms with Crippen molar-refractivity contribution in [3.05, 3.63) is 23.8 Å². The number of carbonyl (C=O) groups is 4. The number of carbonyl (C=O) groups excluding carboxylic acids is 4. The highest BCUT2D eigenvalue weighted by atomic mass is 16.7. The van der Waals surface area contributed by atoms with E-state index in [4.69, 9.17) is 14.2 Å². The molecule has 2 N–H and O–H groups in total. The van der Waals surface area contributed by atoms with Crippen LogP contribution in [0.4, 0.5) is 0 Å². The third-order valence-corrected chi connectivity index (χ3v) is 11.8. The Bertz CT molecular complexity index is 1270. The smallest absolute Gasteiger partial charge is 0.342 e. The lowest BCUT2D eigenvalue weighted by Gasteiger charge is -2.61. The van der Waals surface area contributed by atoms with Gasteiger partial charge in [0.25, 0.3) is 0 Å². The van der Waals surface area contributed by atoms with Crippen LogP contribution in [-0.2, 0) is 33.4 Å². The van der Waals surface area contributed by atoms with E-state index in [1.54, 1.807) is 19.9 Å². The van der Waals surface area contributed by atoms with Crippen LogP contribution >= 0.6 is 0 Å². The number of esters is 2. The highest BCUT2D eigenvalue weighted by molar-refractivity contribution is 5.99. The number of ether oxygens (including phenoxy) is 3. The normalized spacial score (nSPS) is 57.4. The summed E-state index contributed by atoms with van der Waals surface area (Å²) in [4.78, 5) is 54.5. The largest absolute Gasteiger partial charge is 0.458 e. The van der Waals surface area contributed by atoms with Gasteiger partial charge >= 0.3 is 11.9 Å². The van der Waals surface area contributed by atoms with Crippen LogP contribution in [0.1, 0.15) is 59.8 Å². The van der Waals surface area contributed by atoms with Crippen molar-refractivity contribution in [3.63, 3.8) is 0 Å². The zero-order valence-electron chi connectivity index (χ0n) is 21.4. The van der Waals surface area contributed by atoms with Crippen LogP contribution in [0.25, 0.3) is 0 Å². The van der Waals surface area contributed by atoms with Gasteiger partial charge in [0.1, 0.15) is 11.9 Å². The molecule has 4 aliphatic heterocycles. The molecule has 0 radical (unpaired) electrons. The number of aliphatic hydroxyl groups is 2. The average Bonchev–Trinajstić information content (AvgIpc) is 3.19. The molecule has 4 bridgehead atoms. The van der Waals surface area contributed by atoms with Crippen molar-refractivity contribution in [2.45, 2.75) is 88.5 Å². The first-order valence-electron chi connectivity index (χ1n) is 13.3. The summed E-state index contributed by atoms with van der Waals surface area (Å²) in [7, 11) is 0. The number of hydrogen-bond donors (Lipinski definition) is 2. The van der Waals surface area contributed by atoms with Gasteiger partial charge < -0.3 is 24.4 Å². The molecule has 198 valence electrons. The fourth-order valence-electron chi connectivity index (χ4n) is 9.44. The summed E-state index contributed by atoms with van der Waals surface area (Å²) in [5.74, 6) is -7.88. The van der Waals surface area contributed by atoms with Crippen LogP contribution in [0.3, 0.4) is 0 Å². The fourth-order valence-corrected chi connectivity index (χ4v) is 9.44. The van der Waals surface area contributed by atoms with Crippen LogP contribution in [0.15, 0.2) is 23.8 Å². The fraction of sp³-hybridized carbons (Fsp3) is 0.714. The van der Waals surface area contributed by atoms with Gasteiger partial charge in [0, 0.05) is 12.3 Å². The average molecular weight is 513 g/mol. The molecule has 9 heteroatoms. The quantitative estimate of drug-likeness (QED) is 0.463. The third kappa shape index (κ3) is 2.17. The molecule has 37 heavy (non-hydrogen) atoms. The van der Waals surface area contributed by atoms with E-state index >= 15 is 0 Å². The molecule has 5 fully saturated rings. The Hall–Kier alpha value is -2.36. The summed E-state index contributed by atoms with van der Waals surface area (Å²) in [5.41, 5.74) is -7.19. The maximum absolute atomic E-state index is 14.6. The van der Waals surface area contributed by atoms with Gasteiger partial charge in [-0.3, -0.25) is 14.4 Å². The number of rotatable bonds is 0. The van der Waals surface area contributed by atoms with Gasteiger partial charge in [-0.1, -0.05) is 32.1 Å². The van der Waals surface area contributed by atoms with Gasteiger partial charge in [0.05, 0.1) is 17.3 Å². The SMILES string of the molecule is C[C@H]1C(=O)OC2C[C@@]1(C)C1C(=O)[C@]3(O)O[C@@]14[C@@](O)(CCC1C3CC=C3C=CCC(=O)[C@@]31C)C(=O)O[C@@]24C. The number of fused-ring (bicyclic) bond motifs is 9. The van der Waals surface area contributed by atoms with E-state index in [-0.39, 0.29) is 37.9 Å². The zero-order valence-corrected chi connectivity index (χ0v) is 21.4. The zero-order chi connectivity index (χ0) is 26.6. The van der Waals surface area contributed by atoms with Crippen molar-refractivity contribution >= 4 is 23.5 Å². The topological polar surface area (TPSA) is 136 Å². The number of allylic oxidation sites excluding steroid dienone is 4. The summed E-state index contributed by atoms with van der Waals surface area (Å²) in [5, 5.41) is 24.6. The Morgan fingerprint density at radius 2 is 1.78 bits per heavy atom. The lowest BCUT2D eigenvalue weighted by molar-refractivity contribution is -0.346. The molecular formula is C28H32O9. The Balaban J connectivity index is 1.50. The molecule has 7 rings (SSSR count). The monoisotopic (exact) mass is 512 g/mol. The standard InChI is InChI=1S/C28H32O9/c1-13-21(31)35-18-12-23(13,2)19-20(30)27(34)16-9-8-14-6-5-7-17(29)24(14,3)15(16)10-11-26(33)22(32)36-25(18,4)28(19,26)37-27/h5-6,8,13,15-16,18-19,33-34H,7,9-12H2,1-4H3/t13-,15?,16?,18?,19?,23+,24-,25-,26+,27+,28-/m0/s1. The molecule has 11 atom stereocenters. The second-order valence-electron chi connectivity index (χ2n) is 12.9. The van der Waals surface area contributed by atoms with Crippen LogP contribution in [0.5, 0.6) is 0 Å². The number of Topliss-reactive ketones (excluding diaryl/α,β-unsaturated/α-hetero) is 2. The summed E-state index contributed by atoms with van der Waals surface area (Å²) in [6.07, 6.45) is 5.45. The van der Waals surface area contributed by atoms with Crippen molar-refractivity contribution in [3.8, 4) is 0 Å². The van der Waals surface area contributed by atoms with E-state index in [9.17, 15) is 29.4 Å². The minimum absolute atomic E-state index is 0.0426. The van der Waals surface area contributed by atoms with Gasteiger partial charge in [-0.05, 0) is 56.4 Å². The van der Waals surface area contributed by atoms with Gasteiger partial charge in [-0.25, -0.2) is 4.79 Å². The Labute approximate surface area is 214 Å². The maximum Gasteiger partial charge on any atom is 0.342 e. The molecule has 4 saturated heterocycles. The second kappa shape index (κ2) is 6.43. The molecular weight excluding hydrogens is 480 g/mol. The summed E-state index contributed by atoms with van der Waals surface area (Å²) in [6.45, 7) is 6.80. The minimum Gasteiger partial charge on any atom is -0.458 e. The Morgan fingerprint density at radius 3 is 2.51 bits per heavy atom. The summed E-state index contributed by atoms with van der Waals surface area (Å²) >= 11 is 0. The molecule has 0 aromatic carbocycles. The lowest BCUT2D eigenvalue weighted by atomic mass is 9.46. The van der Waals surface area contributed by atoms with E-state index in [2.05, 4.69) is 0 Å². The highest BCUT2D eigenvalue weighted by Gasteiger charge is 2.91. The molecule has 1 saturated carbocycles. The van der Waals surface area contributed by atoms with E-state index in [1.165, 1.54) is 6.92 Å². The molecule has 0 amide bonds. The Morgan fingerprint density at radius 1 is 1.05 bits per heavy atom. The van der Waals surface area contributed by atoms with Crippen LogP contribution in [0.2, 0.25) is 0 Å². The first kappa shape index (κ1) is 23.7. The molecule has 3 aliphatic carbocycles. The van der Waals surface area contributed by atoms with Gasteiger partial charge in [-0.2, -0.15) is 0 Å². The number of hydrogen-bond acceptors (Lipinski definition) is 9. The molecule has 7 aliphatic rings. The first-order valence-corrected chi connectivity index (χ1v) is 13.3. The highest BCUT2D eigenvalue weighted by Crippen LogP contribution is 2.73. The molecule has 0 aromatic heterocycles. The van der Waals surface area contributed by atoms with Crippen molar-refractivity contribution in [1.29, 1.82) is 0 Å². The van der Waals surface area contributed by atoms with Crippen molar-refractivity contribution in [2.24, 2.45) is 34.5 Å². The van der Waals surface area contributed by atoms with Crippen LogP contribution < -0.4 is 0 Å². The van der Waals surface area contributed by atoms with E-state index < -0.39 is 80.9 Å². The molecule has 4 unspecified atom stereocenters. The molecule has 0 aromatic rings. The Kier molecular flexibility index (Phi) is 4.13. The van der Waals surface area contributed by atoms with Gasteiger partial charge in [0.2, 0.25) is 5.79 Å².